The highest BCUT2D eigenvalue weighted by Crippen LogP contribution is 2.38. The molecule has 2 aromatic heterocycles. The molecular formula is C62H82N4O. The van der Waals surface area contributed by atoms with E-state index in [4.69, 9.17) is 24.7 Å². The molecule has 0 fully saturated rings. The number of aryl methyl sites for hydroxylation is 4. The van der Waals surface area contributed by atoms with E-state index < -0.39 is 0 Å². The Hall–Kier alpha value is -5.00. The van der Waals surface area contributed by atoms with Crippen LogP contribution in [-0.4, -0.2) is 19.9 Å². The van der Waals surface area contributed by atoms with Crippen molar-refractivity contribution in [2.45, 2.75) is 194 Å². The molecule has 0 bridgehead atoms. The molecule has 0 amide bonds. The SMILES string of the molecule is CCCCCCCCCc1cnc(-c2ccc(C(OC(c3ccc(CCCCC)cc3)c3ccc(-c4ncc(CCCCCCCCC)cn4)cc3)c3ccc(CCCCC)cc3)cc2)nc1. The van der Waals surface area contributed by atoms with Gasteiger partial charge in [0.15, 0.2) is 11.6 Å². The van der Waals surface area contributed by atoms with E-state index in [9.17, 15) is 0 Å². The first-order valence-corrected chi connectivity index (χ1v) is 26.7. The standard InChI is InChI=1S/C62H82N4O/c1-5-9-13-15-17-19-23-27-51-45-63-61(64-46-51)57-41-37-55(38-42-57)59(53-33-29-49(30-34-53)25-21-11-7-3)67-60(54-35-31-50(32-36-54)26-22-12-8-4)56-39-43-58(44-40-56)62-65-47-52(48-66-62)28-24-20-18-16-14-10-6-2/h29-48,59-60H,5-28H2,1-4H3. The minimum atomic E-state index is -0.315. The number of unbranched alkanes of at least 4 members (excludes halogenated alkanes) is 16. The molecule has 0 aliphatic rings. The quantitative estimate of drug-likeness (QED) is 0.0395. The van der Waals surface area contributed by atoms with E-state index in [0.29, 0.717) is 0 Å². The molecule has 5 heteroatoms. The predicted octanol–water partition coefficient (Wildman–Crippen LogP) is 17.5. The largest absolute Gasteiger partial charge is 0.356 e. The highest BCUT2D eigenvalue weighted by atomic mass is 16.5. The van der Waals surface area contributed by atoms with E-state index in [1.54, 1.807) is 0 Å². The van der Waals surface area contributed by atoms with Crippen molar-refractivity contribution >= 4 is 0 Å². The fourth-order valence-corrected chi connectivity index (χ4v) is 9.16. The van der Waals surface area contributed by atoms with Gasteiger partial charge in [-0.3, -0.25) is 0 Å². The van der Waals surface area contributed by atoms with Crippen molar-refractivity contribution in [2.24, 2.45) is 0 Å². The van der Waals surface area contributed by atoms with Crippen molar-refractivity contribution in [3.8, 4) is 22.8 Å². The molecule has 0 N–H and O–H groups in total. The zero-order valence-electron chi connectivity index (χ0n) is 41.9. The van der Waals surface area contributed by atoms with E-state index in [2.05, 4.69) is 125 Å². The summed E-state index contributed by atoms with van der Waals surface area (Å²) >= 11 is 0. The zero-order chi connectivity index (χ0) is 46.7. The average Bonchev–Trinajstić information content (AvgIpc) is 3.37. The van der Waals surface area contributed by atoms with Gasteiger partial charge in [0.1, 0.15) is 12.2 Å². The second kappa shape index (κ2) is 29.7. The molecule has 0 spiro atoms. The molecule has 2 unspecified atom stereocenters. The Morgan fingerprint density at radius 2 is 0.552 bits per heavy atom. The van der Waals surface area contributed by atoms with Crippen molar-refractivity contribution in [3.63, 3.8) is 0 Å². The monoisotopic (exact) mass is 899 g/mol. The average molecular weight is 899 g/mol. The molecule has 0 radical (unpaired) electrons. The fraction of sp³-hybridized carbons (Fsp3) is 0.484. The van der Waals surface area contributed by atoms with Crippen LogP contribution in [0.3, 0.4) is 0 Å². The van der Waals surface area contributed by atoms with Gasteiger partial charge in [0.2, 0.25) is 0 Å². The number of hydrogen-bond donors (Lipinski definition) is 0. The van der Waals surface area contributed by atoms with Crippen LogP contribution in [0.5, 0.6) is 0 Å². The van der Waals surface area contributed by atoms with Crippen LogP contribution >= 0.6 is 0 Å². The van der Waals surface area contributed by atoms with Crippen LogP contribution in [0.15, 0.2) is 122 Å². The summed E-state index contributed by atoms with van der Waals surface area (Å²) in [6.45, 7) is 9.09. The topological polar surface area (TPSA) is 60.8 Å². The molecule has 0 saturated heterocycles. The Balaban J connectivity index is 1.23. The number of nitrogens with zero attached hydrogens (tertiary/aromatic N) is 4. The number of aromatic nitrogens is 4. The first-order chi connectivity index (χ1) is 33.1. The summed E-state index contributed by atoms with van der Waals surface area (Å²) in [7, 11) is 0. The molecule has 0 aliphatic carbocycles. The lowest BCUT2D eigenvalue weighted by Crippen LogP contribution is -2.14. The molecule has 6 aromatic rings. The Bertz CT molecular complexity index is 2040. The lowest BCUT2D eigenvalue weighted by atomic mass is 9.95. The van der Waals surface area contributed by atoms with Crippen molar-refractivity contribution < 1.29 is 4.74 Å². The first-order valence-electron chi connectivity index (χ1n) is 26.7. The minimum absolute atomic E-state index is 0.315. The molecule has 356 valence electrons. The lowest BCUT2D eigenvalue weighted by Gasteiger charge is -2.27. The van der Waals surface area contributed by atoms with Gasteiger partial charge in [-0.1, -0.05) is 227 Å². The molecule has 67 heavy (non-hydrogen) atoms. The smallest absolute Gasteiger partial charge is 0.159 e. The van der Waals surface area contributed by atoms with Crippen LogP contribution in [0.2, 0.25) is 0 Å². The number of ether oxygens (including phenoxy) is 1. The van der Waals surface area contributed by atoms with Crippen LogP contribution in [0, 0.1) is 0 Å². The van der Waals surface area contributed by atoms with Crippen molar-refractivity contribution in [1.82, 2.24) is 19.9 Å². The van der Waals surface area contributed by atoms with Crippen LogP contribution in [0.1, 0.15) is 213 Å². The summed E-state index contributed by atoms with van der Waals surface area (Å²) in [5.41, 5.74) is 11.7. The maximum Gasteiger partial charge on any atom is 0.159 e. The molecule has 5 nitrogen and oxygen atoms in total. The molecule has 4 aromatic carbocycles. The summed E-state index contributed by atoms with van der Waals surface area (Å²) in [4.78, 5) is 19.3. The van der Waals surface area contributed by atoms with Gasteiger partial charge in [-0.05, 0) is 95.9 Å². The normalized spacial score (nSPS) is 12.4. The molecular weight excluding hydrogens is 817 g/mol. The van der Waals surface area contributed by atoms with Crippen LogP contribution in [-0.2, 0) is 30.4 Å². The number of hydrogen-bond acceptors (Lipinski definition) is 5. The lowest BCUT2D eigenvalue weighted by molar-refractivity contribution is 0.0308. The van der Waals surface area contributed by atoms with Gasteiger partial charge >= 0.3 is 0 Å². The third kappa shape index (κ3) is 17.2. The van der Waals surface area contributed by atoms with E-state index in [1.807, 2.05) is 24.8 Å². The minimum Gasteiger partial charge on any atom is -0.356 e. The van der Waals surface area contributed by atoms with Gasteiger partial charge in [0.05, 0.1) is 0 Å². The van der Waals surface area contributed by atoms with Crippen molar-refractivity contribution in [3.05, 3.63) is 166 Å². The highest BCUT2D eigenvalue weighted by Gasteiger charge is 2.24. The maximum atomic E-state index is 7.48. The summed E-state index contributed by atoms with van der Waals surface area (Å²) < 4.78 is 7.48. The zero-order valence-corrected chi connectivity index (χ0v) is 41.9. The molecule has 6 rings (SSSR count). The number of rotatable bonds is 32. The Kier molecular flexibility index (Phi) is 22.8. The van der Waals surface area contributed by atoms with Crippen LogP contribution < -0.4 is 0 Å². The Labute approximate surface area is 406 Å². The van der Waals surface area contributed by atoms with Crippen LogP contribution in [0.4, 0.5) is 0 Å². The summed E-state index contributed by atoms with van der Waals surface area (Å²) in [6.07, 6.45) is 37.4. The molecule has 0 aliphatic heterocycles. The van der Waals surface area contributed by atoms with E-state index in [0.717, 1.165) is 70.7 Å². The highest BCUT2D eigenvalue weighted by molar-refractivity contribution is 5.57. The van der Waals surface area contributed by atoms with E-state index in [-0.39, 0.29) is 12.2 Å². The van der Waals surface area contributed by atoms with Gasteiger partial charge in [0, 0.05) is 35.9 Å². The Morgan fingerprint density at radius 1 is 0.299 bits per heavy atom. The predicted molar refractivity (Wildman–Crippen MR) is 282 cm³/mol. The summed E-state index contributed by atoms with van der Waals surface area (Å²) in [6, 6.07) is 35.7. The van der Waals surface area contributed by atoms with Gasteiger partial charge < -0.3 is 4.74 Å². The van der Waals surface area contributed by atoms with E-state index in [1.165, 1.54) is 151 Å². The molecule has 2 heterocycles. The first kappa shape index (κ1) is 51.4. The van der Waals surface area contributed by atoms with Crippen molar-refractivity contribution in [2.75, 3.05) is 0 Å². The third-order valence-electron chi connectivity index (χ3n) is 13.5. The van der Waals surface area contributed by atoms with Crippen molar-refractivity contribution in [1.29, 1.82) is 0 Å². The molecule has 0 saturated carbocycles. The van der Waals surface area contributed by atoms with Gasteiger partial charge in [0.25, 0.3) is 0 Å². The molecule has 2 atom stereocenters. The number of benzene rings is 4. The van der Waals surface area contributed by atoms with Gasteiger partial charge in [-0.25, -0.2) is 19.9 Å². The fourth-order valence-electron chi connectivity index (χ4n) is 9.16. The van der Waals surface area contributed by atoms with Gasteiger partial charge in [-0.15, -0.1) is 0 Å². The summed E-state index contributed by atoms with van der Waals surface area (Å²) in [5, 5.41) is 0. The van der Waals surface area contributed by atoms with Crippen LogP contribution in [0.25, 0.3) is 22.8 Å². The van der Waals surface area contributed by atoms with E-state index >= 15 is 0 Å². The maximum absolute atomic E-state index is 7.48. The van der Waals surface area contributed by atoms with Gasteiger partial charge in [-0.2, -0.15) is 0 Å². The second-order valence-corrected chi connectivity index (χ2v) is 19.1. The third-order valence-corrected chi connectivity index (χ3v) is 13.5. The summed E-state index contributed by atoms with van der Waals surface area (Å²) in [5.74, 6) is 1.51. The Morgan fingerprint density at radius 3 is 0.881 bits per heavy atom. The second-order valence-electron chi connectivity index (χ2n) is 19.1.